The van der Waals surface area contributed by atoms with E-state index >= 15 is 0 Å². The summed E-state index contributed by atoms with van der Waals surface area (Å²) in [6.45, 7) is 2.20. The number of hydrogen-bond donors (Lipinski definition) is 0. The van der Waals surface area contributed by atoms with Crippen molar-refractivity contribution in [2.75, 3.05) is 26.9 Å². The minimum absolute atomic E-state index is 0.0257. The average Bonchev–Trinajstić information content (AvgIpc) is 3.29. The minimum Gasteiger partial charge on any atom is -0.493 e. The Labute approximate surface area is 144 Å². The summed E-state index contributed by atoms with van der Waals surface area (Å²) in [5, 5.41) is 0. The normalized spacial score (nSPS) is 19.8. The molecule has 1 fully saturated rings. The van der Waals surface area contributed by atoms with Crippen LogP contribution in [0, 0.1) is 5.82 Å². The van der Waals surface area contributed by atoms with Gasteiger partial charge in [-0.1, -0.05) is 6.07 Å². The van der Waals surface area contributed by atoms with Gasteiger partial charge >= 0.3 is 0 Å². The van der Waals surface area contributed by atoms with Gasteiger partial charge in [-0.05, 0) is 18.6 Å². The number of carbonyl (C=O) groups is 1. The fourth-order valence-corrected chi connectivity index (χ4v) is 3.35. The molecule has 0 aliphatic carbocycles. The number of methoxy groups -OCH3 is 1. The molecule has 4 rings (SSSR count). The number of aromatic nitrogens is 1. The van der Waals surface area contributed by atoms with Crippen molar-refractivity contribution in [1.82, 2.24) is 9.88 Å². The lowest BCUT2D eigenvalue weighted by molar-refractivity contribution is 0.0723. The third-order valence-corrected chi connectivity index (χ3v) is 4.71. The molecule has 0 saturated carbocycles. The molecule has 132 valence electrons. The maximum absolute atomic E-state index is 13.9. The van der Waals surface area contributed by atoms with Gasteiger partial charge in [0.1, 0.15) is 11.5 Å². The van der Waals surface area contributed by atoms with E-state index in [2.05, 4.69) is 4.98 Å². The number of benzene rings is 1. The van der Waals surface area contributed by atoms with Gasteiger partial charge in [-0.25, -0.2) is 9.37 Å². The number of hydrogen-bond acceptors (Lipinski definition) is 5. The van der Waals surface area contributed by atoms with Crippen molar-refractivity contribution < 1.29 is 23.1 Å². The second-order valence-electron chi connectivity index (χ2n) is 6.28. The summed E-state index contributed by atoms with van der Waals surface area (Å²) in [5.74, 6) is 0.879. The fraction of sp³-hybridized carbons (Fsp3) is 0.444. The Hall–Kier alpha value is -2.41. The summed E-state index contributed by atoms with van der Waals surface area (Å²) in [6, 6.07) is 4.36. The van der Waals surface area contributed by atoms with E-state index in [1.54, 1.807) is 11.0 Å². The standard InChI is InChI=1S/C18H19FN2O4/c1-23-16-12(3-2-4-13(16)19)18(22)21-7-5-15-14(9-21)20-17(25-15)11-6-8-24-10-11/h2-4,11H,5-10H2,1H3. The van der Waals surface area contributed by atoms with Crippen molar-refractivity contribution in [3.8, 4) is 5.75 Å². The van der Waals surface area contributed by atoms with Gasteiger partial charge in [-0.15, -0.1) is 0 Å². The number of nitrogens with zero attached hydrogens (tertiary/aromatic N) is 2. The minimum atomic E-state index is -0.545. The van der Waals surface area contributed by atoms with Crippen LogP contribution in [0.25, 0.3) is 0 Å². The summed E-state index contributed by atoms with van der Waals surface area (Å²) in [4.78, 5) is 19.0. The van der Waals surface area contributed by atoms with Crippen LogP contribution in [0.4, 0.5) is 4.39 Å². The van der Waals surface area contributed by atoms with Crippen LogP contribution in [0.3, 0.4) is 0 Å². The molecule has 25 heavy (non-hydrogen) atoms. The predicted octanol–water partition coefficient (Wildman–Crippen LogP) is 2.52. The van der Waals surface area contributed by atoms with Crippen LogP contribution < -0.4 is 4.74 Å². The van der Waals surface area contributed by atoms with Crippen molar-refractivity contribution in [1.29, 1.82) is 0 Å². The molecule has 2 aliphatic heterocycles. The van der Waals surface area contributed by atoms with Crippen LogP contribution in [-0.4, -0.2) is 42.7 Å². The number of fused-ring (bicyclic) bond motifs is 1. The molecule has 2 aliphatic rings. The van der Waals surface area contributed by atoms with E-state index in [4.69, 9.17) is 13.9 Å². The molecule has 0 bridgehead atoms. The van der Waals surface area contributed by atoms with Crippen LogP contribution in [-0.2, 0) is 17.7 Å². The molecule has 2 aromatic rings. The highest BCUT2D eigenvalue weighted by Crippen LogP contribution is 2.30. The summed E-state index contributed by atoms with van der Waals surface area (Å²) in [7, 11) is 1.36. The van der Waals surface area contributed by atoms with Crippen LogP contribution in [0.5, 0.6) is 5.75 Å². The second-order valence-corrected chi connectivity index (χ2v) is 6.28. The van der Waals surface area contributed by atoms with Gasteiger partial charge in [0, 0.05) is 19.6 Å². The quantitative estimate of drug-likeness (QED) is 0.854. The SMILES string of the molecule is COc1c(F)cccc1C(=O)N1CCc2oc(C3CCOC3)nc2C1. The van der Waals surface area contributed by atoms with Crippen molar-refractivity contribution in [2.24, 2.45) is 0 Å². The second kappa shape index (κ2) is 6.48. The Morgan fingerprint density at radius 1 is 1.44 bits per heavy atom. The smallest absolute Gasteiger partial charge is 0.258 e. The molecule has 0 radical (unpaired) electrons. The van der Waals surface area contributed by atoms with Crippen LogP contribution in [0.1, 0.15) is 40.0 Å². The Morgan fingerprint density at radius 2 is 2.32 bits per heavy atom. The highest BCUT2D eigenvalue weighted by molar-refractivity contribution is 5.97. The Morgan fingerprint density at radius 3 is 3.08 bits per heavy atom. The average molecular weight is 346 g/mol. The topological polar surface area (TPSA) is 64.8 Å². The third-order valence-electron chi connectivity index (χ3n) is 4.71. The molecule has 1 amide bonds. The summed E-state index contributed by atoms with van der Waals surface area (Å²) in [5.41, 5.74) is 0.996. The van der Waals surface area contributed by atoms with Crippen LogP contribution in [0.2, 0.25) is 0 Å². The number of para-hydroxylation sites is 1. The van der Waals surface area contributed by atoms with Crippen LogP contribution >= 0.6 is 0 Å². The van der Waals surface area contributed by atoms with Crippen molar-refractivity contribution in [2.45, 2.75) is 25.3 Å². The van der Waals surface area contributed by atoms with E-state index < -0.39 is 5.82 Å². The molecule has 1 saturated heterocycles. The third kappa shape index (κ3) is 2.89. The number of halogens is 1. The molecule has 0 spiro atoms. The monoisotopic (exact) mass is 346 g/mol. The number of ether oxygens (including phenoxy) is 2. The highest BCUT2D eigenvalue weighted by atomic mass is 19.1. The van der Waals surface area contributed by atoms with Crippen LogP contribution in [0.15, 0.2) is 22.6 Å². The Bertz CT molecular complexity index is 798. The zero-order chi connectivity index (χ0) is 17.4. The molecular weight excluding hydrogens is 327 g/mol. The number of carbonyl (C=O) groups excluding carboxylic acids is 1. The first-order valence-electron chi connectivity index (χ1n) is 8.35. The fourth-order valence-electron chi connectivity index (χ4n) is 3.35. The molecule has 1 aromatic heterocycles. The van der Waals surface area contributed by atoms with E-state index in [-0.39, 0.29) is 23.1 Å². The van der Waals surface area contributed by atoms with E-state index in [0.29, 0.717) is 32.0 Å². The van der Waals surface area contributed by atoms with Crippen molar-refractivity contribution in [3.05, 3.63) is 46.9 Å². The number of rotatable bonds is 3. The van der Waals surface area contributed by atoms with Gasteiger partial charge in [0.25, 0.3) is 5.91 Å². The molecule has 1 unspecified atom stereocenters. The highest BCUT2D eigenvalue weighted by Gasteiger charge is 2.31. The van der Waals surface area contributed by atoms with Gasteiger partial charge in [-0.3, -0.25) is 4.79 Å². The lowest BCUT2D eigenvalue weighted by Gasteiger charge is -2.26. The first-order valence-corrected chi connectivity index (χ1v) is 8.35. The molecule has 1 atom stereocenters. The van der Waals surface area contributed by atoms with E-state index in [9.17, 15) is 9.18 Å². The lowest BCUT2D eigenvalue weighted by atomic mass is 10.1. The largest absolute Gasteiger partial charge is 0.493 e. The summed E-state index contributed by atoms with van der Waals surface area (Å²) < 4.78 is 30.2. The molecule has 6 nitrogen and oxygen atoms in total. The van der Waals surface area contributed by atoms with Gasteiger partial charge < -0.3 is 18.8 Å². The lowest BCUT2D eigenvalue weighted by Crippen LogP contribution is -2.36. The first kappa shape index (κ1) is 16.1. The first-order chi connectivity index (χ1) is 12.2. The molecule has 7 heteroatoms. The van der Waals surface area contributed by atoms with Gasteiger partial charge in [0.05, 0.1) is 31.7 Å². The Balaban J connectivity index is 1.56. The maximum Gasteiger partial charge on any atom is 0.258 e. The molecule has 0 N–H and O–H groups in total. The number of amides is 1. The van der Waals surface area contributed by atoms with Gasteiger partial charge in [-0.2, -0.15) is 0 Å². The molecule has 3 heterocycles. The predicted molar refractivity (Wildman–Crippen MR) is 86.1 cm³/mol. The van der Waals surface area contributed by atoms with Crippen molar-refractivity contribution >= 4 is 5.91 Å². The van der Waals surface area contributed by atoms with E-state index in [0.717, 1.165) is 24.5 Å². The van der Waals surface area contributed by atoms with Crippen molar-refractivity contribution in [3.63, 3.8) is 0 Å². The summed E-state index contributed by atoms with van der Waals surface area (Å²) >= 11 is 0. The Kier molecular flexibility index (Phi) is 4.17. The zero-order valence-corrected chi connectivity index (χ0v) is 14.0. The van der Waals surface area contributed by atoms with E-state index in [1.165, 1.54) is 19.2 Å². The molecular formula is C18H19FN2O4. The van der Waals surface area contributed by atoms with Gasteiger partial charge in [0.15, 0.2) is 17.5 Å². The summed E-state index contributed by atoms with van der Waals surface area (Å²) in [6.07, 6.45) is 1.50. The maximum atomic E-state index is 13.9. The van der Waals surface area contributed by atoms with Gasteiger partial charge in [0.2, 0.25) is 0 Å². The molecule has 1 aromatic carbocycles. The zero-order valence-electron chi connectivity index (χ0n) is 14.0. The number of oxazole rings is 1. The van der Waals surface area contributed by atoms with E-state index in [1.807, 2.05) is 0 Å².